The molecule has 0 saturated heterocycles. The number of rotatable bonds is 1. The molecule has 3 aromatic rings. The summed E-state index contributed by atoms with van der Waals surface area (Å²) >= 11 is 1.54. The van der Waals surface area contributed by atoms with Gasteiger partial charge in [-0.2, -0.15) is 0 Å². The van der Waals surface area contributed by atoms with Gasteiger partial charge in [0, 0.05) is 10.6 Å². The molecule has 0 saturated carbocycles. The summed E-state index contributed by atoms with van der Waals surface area (Å²) in [6.45, 7) is 7.82. The molecular formula is C13H14N4OS. The minimum Gasteiger partial charge on any atom is -0.339 e. The number of hydrogen-bond donors (Lipinski definition) is 2. The zero-order valence-corrected chi connectivity index (χ0v) is 12.0. The van der Waals surface area contributed by atoms with Crippen LogP contribution in [-0.2, 0) is 0 Å². The lowest BCUT2D eigenvalue weighted by molar-refractivity contribution is 1.12. The number of aromatic nitrogens is 4. The predicted octanol–water partition coefficient (Wildman–Crippen LogP) is 2.61. The van der Waals surface area contributed by atoms with Crippen molar-refractivity contribution in [1.82, 2.24) is 19.9 Å². The Morgan fingerprint density at radius 2 is 1.68 bits per heavy atom. The molecule has 19 heavy (non-hydrogen) atoms. The van der Waals surface area contributed by atoms with Crippen LogP contribution in [0.4, 0.5) is 0 Å². The molecular weight excluding hydrogens is 260 g/mol. The van der Waals surface area contributed by atoms with E-state index in [-0.39, 0.29) is 5.56 Å². The quantitative estimate of drug-likeness (QED) is 0.716. The summed E-state index contributed by atoms with van der Waals surface area (Å²) in [7, 11) is 0. The molecule has 0 bridgehead atoms. The maximum absolute atomic E-state index is 12.2. The molecule has 3 rings (SSSR count). The molecule has 6 heteroatoms. The Kier molecular flexibility index (Phi) is 2.56. The van der Waals surface area contributed by atoms with E-state index in [1.54, 1.807) is 0 Å². The molecule has 3 heterocycles. The Morgan fingerprint density at radius 1 is 1.00 bits per heavy atom. The summed E-state index contributed by atoms with van der Waals surface area (Å²) in [5, 5.41) is 0.686. The number of nitrogens with zero attached hydrogens (tertiary/aromatic N) is 2. The summed E-state index contributed by atoms with van der Waals surface area (Å²) in [6, 6.07) is 0. The lowest BCUT2D eigenvalue weighted by atomic mass is 10.2. The van der Waals surface area contributed by atoms with Gasteiger partial charge in [-0.25, -0.2) is 9.97 Å². The molecule has 3 aromatic heterocycles. The van der Waals surface area contributed by atoms with Crippen molar-refractivity contribution in [2.45, 2.75) is 27.7 Å². The highest BCUT2D eigenvalue weighted by molar-refractivity contribution is 7.18. The second kappa shape index (κ2) is 4.03. The second-order valence-corrected chi connectivity index (χ2v) is 5.88. The smallest absolute Gasteiger partial charge is 0.260 e. The third-order valence-corrected chi connectivity index (χ3v) is 4.49. The summed E-state index contributed by atoms with van der Waals surface area (Å²) < 4.78 is 0. The summed E-state index contributed by atoms with van der Waals surface area (Å²) in [4.78, 5) is 28.9. The molecule has 0 aromatic carbocycles. The predicted molar refractivity (Wildman–Crippen MR) is 76.8 cm³/mol. The summed E-state index contributed by atoms with van der Waals surface area (Å²) in [5.74, 6) is 1.10. The van der Waals surface area contributed by atoms with Crippen LogP contribution >= 0.6 is 11.3 Å². The van der Waals surface area contributed by atoms with Crippen molar-refractivity contribution in [2.75, 3.05) is 0 Å². The number of fused-ring (bicyclic) bond motifs is 1. The minimum atomic E-state index is -0.103. The standard InChI is InChI=1S/C13H14N4OS/c1-5-8(4)19-13-9(5)12(18)16-11(17-13)10-14-6(2)7(3)15-10/h1-4H3,(H,14,15)(H,16,17,18). The van der Waals surface area contributed by atoms with Gasteiger partial charge in [0.25, 0.3) is 5.56 Å². The number of imidazole rings is 1. The van der Waals surface area contributed by atoms with Gasteiger partial charge in [-0.3, -0.25) is 4.79 Å². The molecule has 5 nitrogen and oxygen atoms in total. The molecule has 0 amide bonds. The Morgan fingerprint density at radius 3 is 2.32 bits per heavy atom. The Hall–Kier alpha value is -1.95. The monoisotopic (exact) mass is 274 g/mol. The molecule has 2 N–H and O–H groups in total. The van der Waals surface area contributed by atoms with Crippen LogP contribution in [0.25, 0.3) is 21.9 Å². The zero-order valence-electron chi connectivity index (χ0n) is 11.2. The fraction of sp³-hybridized carbons (Fsp3) is 0.308. The number of thiophene rings is 1. The van der Waals surface area contributed by atoms with E-state index in [1.165, 1.54) is 11.3 Å². The fourth-order valence-electron chi connectivity index (χ4n) is 2.03. The lowest BCUT2D eigenvalue weighted by Gasteiger charge is -1.97. The van der Waals surface area contributed by atoms with Crippen molar-refractivity contribution >= 4 is 21.6 Å². The normalized spacial score (nSPS) is 11.4. The van der Waals surface area contributed by atoms with E-state index in [2.05, 4.69) is 19.9 Å². The summed E-state index contributed by atoms with van der Waals surface area (Å²) in [5.41, 5.74) is 2.80. The first kappa shape index (κ1) is 12.1. The molecule has 0 aliphatic carbocycles. The van der Waals surface area contributed by atoms with Gasteiger partial charge in [-0.15, -0.1) is 11.3 Å². The maximum Gasteiger partial charge on any atom is 0.260 e. The number of hydrogen-bond acceptors (Lipinski definition) is 4. The van der Waals surface area contributed by atoms with Gasteiger partial charge in [0.1, 0.15) is 4.83 Å². The number of aromatic amines is 2. The van der Waals surface area contributed by atoms with E-state index in [0.29, 0.717) is 17.0 Å². The van der Waals surface area contributed by atoms with Crippen molar-refractivity contribution in [1.29, 1.82) is 0 Å². The van der Waals surface area contributed by atoms with E-state index < -0.39 is 0 Å². The average molecular weight is 274 g/mol. The molecule has 0 fully saturated rings. The van der Waals surface area contributed by atoms with Crippen molar-refractivity contribution in [3.63, 3.8) is 0 Å². The third-order valence-electron chi connectivity index (χ3n) is 3.39. The van der Waals surface area contributed by atoms with E-state index in [4.69, 9.17) is 0 Å². The fourth-order valence-corrected chi connectivity index (χ4v) is 3.06. The van der Waals surface area contributed by atoms with Gasteiger partial charge in [0.2, 0.25) is 0 Å². The topological polar surface area (TPSA) is 74.4 Å². The molecule has 98 valence electrons. The van der Waals surface area contributed by atoms with Gasteiger partial charge in [0.05, 0.1) is 11.1 Å². The molecule has 0 spiro atoms. The number of aryl methyl sites for hydroxylation is 4. The Balaban J connectivity index is 2.29. The first-order valence-corrected chi connectivity index (χ1v) is 6.82. The molecule has 0 unspecified atom stereocenters. The van der Waals surface area contributed by atoms with Gasteiger partial charge in [-0.1, -0.05) is 0 Å². The lowest BCUT2D eigenvalue weighted by Crippen LogP contribution is -2.09. The highest BCUT2D eigenvalue weighted by atomic mass is 32.1. The van der Waals surface area contributed by atoms with Gasteiger partial charge < -0.3 is 9.97 Å². The zero-order chi connectivity index (χ0) is 13.7. The number of H-pyrrole nitrogens is 2. The SMILES string of the molecule is Cc1nc(-c2nc3sc(C)c(C)c3c(=O)[nH]2)[nH]c1C. The van der Waals surface area contributed by atoms with Crippen LogP contribution in [0.3, 0.4) is 0 Å². The van der Waals surface area contributed by atoms with Crippen LogP contribution in [0.15, 0.2) is 4.79 Å². The van der Waals surface area contributed by atoms with Gasteiger partial charge in [0.15, 0.2) is 11.6 Å². The van der Waals surface area contributed by atoms with E-state index in [9.17, 15) is 4.79 Å². The van der Waals surface area contributed by atoms with E-state index in [1.807, 2.05) is 27.7 Å². The van der Waals surface area contributed by atoms with Gasteiger partial charge >= 0.3 is 0 Å². The van der Waals surface area contributed by atoms with Crippen molar-refractivity contribution in [3.05, 3.63) is 32.2 Å². The highest BCUT2D eigenvalue weighted by Crippen LogP contribution is 2.27. The molecule has 0 aliphatic rings. The summed E-state index contributed by atoms with van der Waals surface area (Å²) in [6.07, 6.45) is 0. The van der Waals surface area contributed by atoms with Crippen LogP contribution < -0.4 is 5.56 Å². The first-order valence-electron chi connectivity index (χ1n) is 6.01. The van der Waals surface area contributed by atoms with Crippen molar-refractivity contribution in [3.8, 4) is 11.6 Å². The van der Waals surface area contributed by atoms with Gasteiger partial charge in [-0.05, 0) is 33.3 Å². The number of nitrogens with one attached hydrogen (secondary N) is 2. The van der Waals surface area contributed by atoms with Crippen LogP contribution in [0.2, 0.25) is 0 Å². The first-order chi connectivity index (χ1) is 8.97. The van der Waals surface area contributed by atoms with Crippen LogP contribution in [-0.4, -0.2) is 19.9 Å². The Bertz CT molecular complexity index is 821. The molecule has 0 atom stereocenters. The molecule has 0 radical (unpaired) electrons. The average Bonchev–Trinajstić information content (AvgIpc) is 2.82. The highest BCUT2D eigenvalue weighted by Gasteiger charge is 2.14. The third kappa shape index (κ3) is 1.79. The molecule has 0 aliphatic heterocycles. The maximum atomic E-state index is 12.2. The van der Waals surface area contributed by atoms with E-state index in [0.717, 1.165) is 26.7 Å². The van der Waals surface area contributed by atoms with E-state index >= 15 is 0 Å². The minimum absolute atomic E-state index is 0.103. The van der Waals surface area contributed by atoms with Crippen molar-refractivity contribution in [2.24, 2.45) is 0 Å². The second-order valence-electron chi connectivity index (χ2n) is 4.67. The largest absolute Gasteiger partial charge is 0.339 e. The Labute approximate surface area is 113 Å². The van der Waals surface area contributed by atoms with Crippen molar-refractivity contribution < 1.29 is 0 Å². The van der Waals surface area contributed by atoms with Crippen LogP contribution in [0, 0.1) is 27.7 Å². The van der Waals surface area contributed by atoms with Crippen LogP contribution in [0.1, 0.15) is 21.8 Å². The van der Waals surface area contributed by atoms with Crippen LogP contribution in [0.5, 0.6) is 0 Å².